The third-order valence-electron chi connectivity index (χ3n) is 4.34. The number of hydrogen-bond donors (Lipinski definition) is 3. The molecular weight excluding hydrogens is 360 g/mol. The van der Waals surface area contributed by atoms with Crippen LogP contribution in [0.25, 0.3) is 0 Å². The second kappa shape index (κ2) is 7.91. The molecule has 0 aliphatic carbocycles. The first-order valence-corrected chi connectivity index (χ1v) is 8.71. The molecule has 2 aromatic carbocycles. The van der Waals surface area contributed by atoms with Crippen LogP contribution in [0.2, 0.25) is 0 Å². The number of aryl methyl sites for hydroxylation is 2. The first-order valence-electron chi connectivity index (χ1n) is 8.71. The van der Waals surface area contributed by atoms with E-state index < -0.39 is 30.2 Å². The van der Waals surface area contributed by atoms with Crippen LogP contribution in [0.1, 0.15) is 31.8 Å². The maximum absolute atomic E-state index is 12.2. The molecule has 1 aliphatic heterocycles. The number of rotatable bonds is 5. The minimum Gasteiger partial charge on any atom is -0.376 e. The van der Waals surface area contributed by atoms with E-state index in [9.17, 15) is 19.2 Å². The SMILES string of the molecule is Cc1ccc(NCC(=O)NNC(=O)CN2C(=O)c3ccccc3C2=O)c(C)c1. The Morgan fingerprint density at radius 3 is 2.11 bits per heavy atom. The van der Waals surface area contributed by atoms with Gasteiger partial charge >= 0.3 is 0 Å². The Bertz CT molecular complexity index is 935. The van der Waals surface area contributed by atoms with Crippen molar-refractivity contribution in [3.05, 3.63) is 64.7 Å². The van der Waals surface area contributed by atoms with Gasteiger partial charge in [0.1, 0.15) is 6.54 Å². The summed E-state index contributed by atoms with van der Waals surface area (Å²) in [6.45, 7) is 3.39. The number of nitrogens with one attached hydrogen (secondary N) is 3. The third-order valence-corrected chi connectivity index (χ3v) is 4.34. The highest BCUT2D eigenvalue weighted by Gasteiger charge is 2.36. The molecule has 4 amide bonds. The minimum atomic E-state index is -0.672. The van der Waals surface area contributed by atoms with Crippen LogP contribution in [0.4, 0.5) is 5.69 Å². The van der Waals surface area contributed by atoms with Crippen molar-refractivity contribution in [3.63, 3.8) is 0 Å². The predicted octanol–water partition coefficient (Wildman–Crippen LogP) is 1.16. The number of carbonyl (C=O) groups excluding carboxylic acids is 4. The fourth-order valence-electron chi connectivity index (χ4n) is 2.94. The molecular formula is C20H20N4O4. The molecule has 144 valence electrons. The van der Waals surface area contributed by atoms with E-state index in [4.69, 9.17) is 0 Å². The zero-order chi connectivity index (χ0) is 20.3. The summed E-state index contributed by atoms with van der Waals surface area (Å²) in [4.78, 5) is 49.2. The molecule has 0 unspecified atom stereocenters. The van der Waals surface area contributed by atoms with Gasteiger partial charge in [0.2, 0.25) is 0 Å². The number of benzene rings is 2. The lowest BCUT2D eigenvalue weighted by Crippen LogP contribution is -2.49. The van der Waals surface area contributed by atoms with E-state index in [1.165, 1.54) is 12.1 Å². The normalized spacial score (nSPS) is 12.6. The van der Waals surface area contributed by atoms with Crippen LogP contribution in [0, 0.1) is 13.8 Å². The Labute approximate surface area is 161 Å². The summed E-state index contributed by atoms with van der Waals surface area (Å²) in [5.41, 5.74) is 7.94. The summed E-state index contributed by atoms with van der Waals surface area (Å²) in [5.74, 6) is -2.19. The zero-order valence-corrected chi connectivity index (χ0v) is 15.5. The number of nitrogens with zero attached hydrogens (tertiary/aromatic N) is 1. The molecule has 1 aliphatic rings. The van der Waals surface area contributed by atoms with E-state index >= 15 is 0 Å². The van der Waals surface area contributed by atoms with Crippen LogP contribution in [-0.4, -0.2) is 41.6 Å². The van der Waals surface area contributed by atoms with E-state index in [0.29, 0.717) is 0 Å². The van der Waals surface area contributed by atoms with E-state index in [1.54, 1.807) is 12.1 Å². The zero-order valence-electron chi connectivity index (χ0n) is 15.5. The fraction of sp³-hybridized carbons (Fsp3) is 0.200. The van der Waals surface area contributed by atoms with Gasteiger partial charge in [-0.25, -0.2) is 0 Å². The average Bonchev–Trinajstić information content (AvgIpc) is 2.91. The van der Waals surface area contributed by atoms with Crippen molar-refractivity contribution in [2.75, 3.05) is 18.4 Å². The smallest absolute Gasteiger partial charge is 0.262 e. The predicted molar refractivity (Wildman–Crippen MR) is 103 cm³/mol. The third kappa shape index (κ3) is 4.01. The first kappa shape index (κ1) is 19.1. The molecule has 0 bridgehead atoms. The molecule has 2 aromatic rings. The van der Waals surface area contributed by atoms with Gasteiger partial charge in [-0.05, 0) is 37.6 Å². The molecule has 0 atom stereocenters. The van der Waals surface area contributed by atoms with Crippen LogP contribution in [0.15, 0.2) is 42.5 Å². The number of hydrazine groups is 1. The number of amides is 4. The highest BCUT2D eigenvalue weighted by molar-refractivity contribution is 6.22. The van der Waals surface area contributed by atoms with E-state index in [1.807, 2.05) is 32.0 Å². The van der Waals surface area contributed by atoms with E-state index in [-0.39, 0.29) is 17.7 Å². The van der Waals surface area contributed by atoms with Gasteiger partial charge in [0.15, 0.2) is 0 Å². The Balaban J connectivity index is 1.47. The molecule has 8 heteroatoms. The first-order chi connectivity index (χ1) is 13.4. The van der Waals surface area contributed by atoms with Crippen molar-refractivity contribution in [3.8, 4) is 0 Å². The number of imide groups is 1. The Morgan fingerprint density at radius 1 is 0.893 bits per heavy atom. The molecule has 0 saturated heterocycles. The fourth-order valence-corrected chi connectivity index (χ4v) is 2.94. The van der Waals surface area contributed by atoms with Gasteiger partial charge in [-0.3, -0.25) is 34.9 Å². The number of carbonyl (C=O) groups is 4. The molecule has 3 N–H and O–H groups in total. The molecule has 0 spiro atoms. The average molecular weight is 380 g/mol. The molecule has 1 heterocycles. The summed E-state index contributed by atoms with van der Waals surface area (Å²) in [6.07, 6.45) is 0. The van der Waals surface area contributed by atoms with Crippen molar-refractivity contribution in [1.82, 2.24) is 15.8 Å². The minimum absolute atomic E-state index is 0.0444. The van der Waals surface area contributed by atoms with Crippen molar-refractivity contribution < 1.29 is 19.2 Å². The van der Waals surface area contributed by atoms with Gasteiger partial charge in [-0.2, -0.15) is 0 Å². The van der Waals surface area contributed by atoms with Crippen molar-refractivity contribution >= 4 is 29.3 Å². The Hall–Kier alpha value is -3.68. The molecule has 8 nitrogen and oxygen atoms in total. The van der Waals surface area contributed by atoms with Crippen LogP contribution in [0.5, 0.6) is 0 Å². The second-order valence-electron chi connectivity index (χ2n) is 6.51. The van der Waals surface area contributed by atoms with Crippen molar-refractivity contribution in [2.45, 2.75) is 13.8 Å². The lowest BCUT2D eigenvalue weighted by Gasteiger charge is -2.14. The molecule has 3 rings (SSSR count). The largest absolute Gasteiger partial charge is 0.376 e. The van der Waals surface area contributed by atoms with Crippen molar-refractivity contribution in [2.24, 2.45) is 0 Å². The summed E-state index contributed by atoms with van der Waals surface area (Å²) >= 11 is 0. The monoisotopic (exact) mass is 380 g/mol. The van der Waals surface area contributed by atoms with E-state index in [2.05, 4.69) is 16.2 Å². The Morgan fingerprint density at radius 2 is 1.50 bits per heavy atom. The van der Waals surface area contributed by atoms with Gasteiger partial charge in [0.25, 0.3) is 23.6 Å². The number of anilines is 1. The summed E-state index contributed by atoms with van der Waals surface area (Å²) in [7, 11) is 0. The lowest BCUT2D eigenvalue weighted by molar-refractivity contribution is -0.128. The van der Waals surface area contributed by atoms with E-state index in [0.717, 1.165) is 21.7 Å². The van der Waals surface area contributed by atoms with Gasteiger partial charge in [0, 0.05) is 5.69 Å². The van der Waals surface area contributed by atoms with Crippen molar-refractivity contribution in [1.29, 1.82) is 0 Å². The van der Waals surface area contributed by atoms with Gasteiger partial charge in [-0.1, -0.05) is 29.8 Å². The standard InChI is InChI=1S/C20H20N4O4/c1-12-7-8-16(13(2)9-12)21-10-17(25)22-23-18(26)11-24-19(27)14-5-3-4-6-15(14)20(24)28/h3-9,21H,10-11H2,1-2H3,(H,22,25)(H,23,26). The molecule has 0 aromatic heterocycles. The summed E-state index contributed by atoms with van der Waals surface area (Å²) in [5, 5.41) is 2.98. The molecule has 0 fully saturated rings. The van der Waals surface area contributed by atoms with Gasteiger partial charge in [-0.15, -0.1) is 0 Å². The number of hydrogen-bond acceptors (Lipinski definition) is 5. The Kier molecular flexibility index (Phi) is 5.39. The highest BCUT2D eigenvalue weighted by atomic mass is 16.2. The van der Waals surface area contributed by atoms with Crippen LogP contribution >= 0.6 is 0 Å². The van der Waals surface area contributed by atoms with Crippen LogP contribution < -0.4 is 16.2 Å². The number of fused-ring (bicyclic) bond motifs is 1. The summed E-state index contributed by atoms with van der Waals surface area (Å²) < 4.78 is 0. The lowest BCUT2D eigenvalue weighted by atomic mass is 10.1. The molecule has 0 saturated carbocycles. The topological polar surface area (TPSA) is 108 Å². The molecule has 28 heavy (non-hydrogen) atoms. The van der Waals surface area contributed by atoms with Crippen LogP contribution in [0.3, 0.4) is 0 Å². The maximum Gasteiger partial charge on any atom is 0.262 e. The maximum atomic E-state index is 12.2. The second-order valence-corrected chi connectivity index (χ2v) is 6.51. The van der Waals surface area contributed by atoms with Gasteiger partial charge < -0.3 is 5.32 Å². The van der Waals surface area contributed by atoms with Crippen LogP contribution in [-0.2, 0) is 9.59 Å². The quantitative estimate of drug-likeness (QED) is 0.533. The molecule has 0 radical (unpaired) electrons. The summed E-state index contributed by atoms with van der Waals surface area (Å²) in [6, 6.07) is 12.2. The van der Waals surface area contributed by atoms with Gasteiger partial charge in [0.05, 0.1) is 17.7 Å². The highest BCUT2D eigenvalue weighted by Crippen LogP contribution is 2.21.